The van der Waals surface area contributed by atoms with Crippen LogP contribution in [-0.2, 0) is 9.59 Å². The van der Waals surface area contributed by atoms with E-state index in [9.17, 15) is 14.4 Å². The van der Waals surface area contributed by atoms with Crippen molar-refractivity contribution in [2.45, 2.75) is 0 Å². The highest BCUT2D eigenvalue weighted by molar-refractivity contribution is 9.10. The Kier molecular flexibility index (Phi) is 6.19. The van der Waals surface area contributed by atoms with E-state index in [2.05, 4.69) is 21.2 Å². The third-order valence-electron chi connectivity index (χ3n) is 4.47. The summed E-state index contributed by atoms with van der Waals surface area (Å²) in [6.07, 6.45) is 1.60. The standard InChI is InChI=1S/C21H17BrN2O6S/c1-28-15-4-2-12(8-14(15)22)9-18-20(26)24(21(27)31-18)11-19(25)23-13-3-5-16-17(10-13)30-7-6-29-16/h2-5,8-10H,6-7,11H2,1H3,(H,23,25)/b18-9+. The zero-order chi connectivity index (χ0) is 22.0. The number of hydrogen-bond donors (Lipinski definition) is 1. The van der Waals surface area contributed by atoms with Crippen LogP contribution in [0.15, 0.2) is 45.8 Å². The summed E-state index contributed by atoms with van der Waals surface area (Å²) < 4.78 is 16.8. The van der Waals surface area contributed by atoms with Crippen LogP contribution in [0, 0.1) is 0 Å². The van der Waals surface area contributed by atoms with Crippen LogP contribution in [0.4, 0.5) is 10.5 Å². The summed E-state index contributed by atoms with van der Waals surface area (Å²) in [4.78, 5) is 38.6. The molecular formula is C21H17BrN2O6S. The van der Waals surface area contributed by atoms with Gasteiger partial charge in [0.1, 0.15) is 25.5 Å². The van der Waals surface area contributed by atoms with Gasteiger partial charge in [-0.25, -0.2) is 0 Å². The van der Waals surface area contributed by atoms with Gasteiger partial charge in [-0.1, -0.05) is 6.07 Å². The molecule has 10 heteroatoms. The van der Waals surface area contributed by atoms with Crippen molar-refractivity contribution in [3.63, 3.8) is 0 Å². The molecule has 31 heavy (non-hydrogen) atoms. The number of hydrogen-bond acceptors (Lipinski definition) is 7. The molecule has 1 saturated heterocycles. The molecule has 0 unspecified atom stereocenters. The average Bonchev–Trinajstić information content (AvgIpc) is 3.01. The fraction of sp³-hybridized carbons (Fsp3) is 0.190. The number of nitrogens with zero attached hydrogens (tertiary/aromatic N) is 1. The first-order valence-electron chi connectivity index (χ1n) is 9.23. The van der Waals surface area contributed by atoms with Gasteiger partial charge < -0.3 is 19.5 Å². The van der Waals surface area contributed by atoms with Crippen LogP contribution in [0.3, 0.4) is 0 Å². The summed E-state index contributed by atoms with van der Waals surface area (Å²) in [5.74, 6) is 0.780. The molecule has 0 spiro atoms. The molecule has 4 rings (SSSR count). The lowest BCUT2D eigenvalue weighted by Crippen LogP contribution is -2.36. The van der Waals surface area contributed by atoms with Crippen LogP contribution in [0.25, 0.3) is 6.08 Å². The second kappa shape index (κ2) is 9.03. The van der Waals surface area contributed by atoms with Crippen LogP contribution in [-0.4, -0.2) is 48.8 Å². The lowest BCUT2D eigenvalue weighted by atomic mass is 10.2. The van der Waals surface area contributed by atoms with E-state index in [1.54, 1.807) is 49.6 Å². The van der Waals surface area contributed by atoms with E-state index in [4.69, 9.17) is 14.2 Å². The van der Waals surface area contributed by atoms with E-state index in [1.807, 2.05) is 0 Å². The molecule has 160 valence electrons. The first-order valence-corrected chi connectivity index (χ1v) is 10.8. The average molecular weight is 505 g/mol. The van der Waals surface area contributed by atoms with Crippen LogP contribution in [0.1, 0.15) is 5.56 Å². The second-order valence-electron chi connectivity index (χ2n) is 6.57. The predicted octanol–water partition coefficient (Wildman–Crippen LogP) is 3.90. The zero-order valence-corrected chi connectivity index (χ0v) is 18.7. The molecule has 8 nitrogen and oxygen atoms in total. The molecule has 2 heterocycles. The van der Waals surface area contributed by atoms with Crippen LogP contribution < -0.4 is 19.5 Å². The number of halogens is 1. The fourth-order valence-corrected chi connectivity index (χ4v) is 4.42. The molecule has 3 amide bonds. The Labute approximate surface area is 190 Å². The third kappa shape index (κ3) is 4.70. The normalized spacial score (nSPS) is 16.6. The molecule has 0 atom stereocenters. The third-order valence-corrected chi connectivity index (χ3v) is 6.00. The fourth-order valence-electron chi connectivity index (χ4n) is 3.03. The number of methoxy groups -OCH3 is 1. The number of carbonyl (C=O) groups is 3. The molecule has 0 aromatic heterocycles. The summed E-state index contributed by atoms with van der Waals surface area (Å²) in [5.41, 5.74) is 1.21. The molecule has 1 fully saturated rings. The minimum absolute atomic E-state index is 0.245. The maximum Gasteiger partial charge on any atom is 0.294 e. The summed E-state index contributed by atoms with van der Waals surface area (Å²) in [7, 11) is 1.56. The van der Waals surface area contributed by atoms with Gasteiger partial charge in [0.15, 0.2) is 11.5 Å². The van der Waals surface area contributed by atoms with Crippen molar-refractivity contribution in [1.29, 1.82) is 0 Å². The van der Waals surface area contributed by atoms with Crippen molar-refractivity contribution in [2.75, 3.05) is 32.2 Å². The molecule has 0 radical (unpaired) electrons. The highest BCUT2D eigenvalue weighted by atomic mass is 79.9. The van der Waals surface area contributed by atoms with Gasteiger partial charge in [-0.3, -0.25) is 19.3 Å². The lowest BCUT2D eigenvalue weighted by Gasteiger charge is -2.19. The highest BCUT2D eigenvalue weighted by Gasteiger charge is 2.36. The first kappa shape index (κ1) is 21.3. The number of amides is 3. The Bertz CT molecular complexity index is 1100. The Morgan fingerprint density at radius 1 is 1.19 bits per heavy atom. The number of imide groups is 1. The second-order valence-corrected chi connectivity index (χ2v) is 8.42. The molecule has 0 bridgehead atoms. The summed E-state index contributed by atoms with van der Waals surface area (Å²) in [6.45, 7) is 0.514. The number of benzene rings is 2. The molecule has 1 N–H and O–H groups in total. The van der Waals surface area contributed by atoms with Crippen molar-refractivity contribution in [2.24, 2.45) is 0 Å². The van der Waals surface area contributed by atoms with E-state index in [1.165, 1.54) is 0 Å². The molecular weight excluding hydrogens is 488 g/mol. The van der Waals surface area contributed by atoms with Crippen molar-refractivity contribution >= 4 is 56.5 Å². The van der Waals surface area contributed by atoms with Gasteiger partial charge in [-0.15, -0.1) is 0 Å². The quantitative estimate of drug-likeness (QED) is 0.616. The van der Waals surface area contributed by atoms with Gasteiger partial charge in [-0.05, 0) is 63.6 Å². The first-order chi connectivity index (χ1) is 14.9. The lowest BCUT2D eigenvalue weighted by molar-refractivity contribution is -0.127. The van der Waals surface area contributed by atoms with Crippen molar-refractivity contribution < 1.29 is 28.6 Å². The van der Waals surface area contributed by atoms with E-state index < -0.39 is 17.1 Å². The topological polar surface area (TPSA) is 94.2 Å². The minimum atomic E-state index is -0.515. The summed E-state index contributed by atoms with van der Waals surface area (Å²) >= 11 is 4.18. The molecule has 2 aliphatic heterocycles. The Morgan fingerprint density at radius 3 is 2.71 bits per heavy atom. The molecule has 2 aromatic rings. The van der Waals surface area contributed by atoms with Gasteiger partial charge in [0, 0.05) is 11.8 Å². The van der Waals surface area contributed by atoms with Crippen LogP contribution in [0.5, 0.6) is 17.2 Å². The summed E-state index contributed by atoms with van der Waals surface area (Å²) in [6, 6.07) is 10.3. The van der Waals surface area contributed by atoms with Gasteiger partial charge in [0.2, 0.25) is 5.91 Å². The van der Waals surface area contributed by atoms with E-state index in [0.29, 0.717) is 36.1 Å². The Balaban J connectivity index is 1.43. The van der Waals surface area contributed by atoms with Gasteiger partial charge >= 0.3 is 0 Å². The maximum absolute atomic E-state index is 12.7. The van der Waals surface area contributed by atoms with Crippen molar-refractivity contribution in [1.82, 2.24) is 4.90 Å². The number of thioether (sulfide) groups is 1. The highest BCUT2D eigenvalue weighted by Crippen LogP contribution is 2.35. The summed E-state index contributed by atoms with van der Waals surface area (Å²) in [5, 5.41) is 2.18. The van der Waals surface area contributed by atoms with Gasteiger partial charge in [0.05, 0.1) is 16.5 Å². The van der Waals surface area contributed by atoms with Crippen LogP contribution >= 0.6 is 27.7 Å². The van der Waals surface area contributed by atoms with E-state index in [0.717, 1.165) is 26.7 Å². The van der Waals surface area contributed by atoms with Gasteiger partial charge in [-0.2, -0.15) is 0 Å². The number of fused-ring (bicyclic) bond motifs is 1. The number of ether oxygens (including phenoxy) is 3. The monoisotopic (exact) mass is 504 g/mol. The number of carbonyl (C=O) groups excluding carboxylic acids is 3. The van der Waals surface area contributed by atoms with Crippen molar-refractivity contribution in [3.05, 3.63) is 51.3 Å². The zero-order valence-electron chi connectivity index (χ0n) is 16.3. The van der Waals surface area contributed by atoms with E-state index in [-0.39, 0.29) is 11.4 Å². The van der Waals surface area contributed by atoms with Crippen LogP contribution in [0.2, 0.25) is 0 Å². The smallest absolute Gasteiger partial charge is 0.294 e. The van der Waals surface area contributed by atoms with Gasteiger partial charge in [0.25, 0.3) is 11.1 Å². The molecule has 2 aromatic carbocycles. The Hall–Kier alpha value is -2.98. The van der Waals surface area contributed by atoms with Crippen molar-refractivity contribution in [3.8, 4) is 17.2 Å². The molecule has 0 aliphatic carbocycles. The SMILES string of the molecule is COc1ccc(/C=C2/SC(=O)N(CC(=O)Nc3ccc4c(c3)OCCO4)C2=O)cc1Br. The van der Waals surface area contributed by atoms with E-state index >= 15 is 0 Å². The minimum Gasteiger partial charge on any atom is -0.496 e. The Morgan fingerprint density at radius 2 is 1.97 bits per heavy atom. The predicted molar refractivity (Wildman–Crippen MR) is 119 cm³/mol. The number of nitrogens with one attached hydrogen (secondary N) is 1. The number of rotatable bonds is 5. The molecule has 0 saturated carbocycles. The number of anilines is 1. The largest absolute Gasteiger partial charge is 0.496 e. The molecule has 2 aliphatic rings. The maximum atomic E-state index is 12.7.